The maximum absolute atomic E-state index is 13.3. The molecule has 0 unspecified atom stereocenters. The summed E-state index contributed by atoms with van der Waals surface area (Å²) in [7, 11) is 0. The SMILES string of the molecule is CC(=NNC(=O)c1cc(-c2ccc(Cl)cc2)nc2ccccc12)c1ccc(NC(=O)c2ccc(Cl)cc2Cl)cc1. The molecule has 0 aliphatic rings. The van der Waals surface area contributed by atoms with Gasteiger partial charge in [0.15, 0.2) is 0 Å². The quantitative estimate of drug-likeness (QED) is 0.155. The van der Waals surface area contributed by atoms with Crippen LogP contribution in [-0.2, 0) is 0 Å². The zero-order valence-electron chi connectivity index (χ0n) is 21.1. The third kappa shape index (κ3) is 6.15. The number of rotatable bonds is 6. The largest absolute Gasteiger partial charge is 0.322 e. The summed E-state index contributed by atoms with van der Waals surface area (Å²) in [4.78, 5) is 30.6. The second-order valence-electron chi connectivity index (χ2n) is 8.87. The Morgan fingerprint density at radius 1 is 0.750 bits per heavy atom. The summed E-state index contributed by atoms with van der Waals surface area (Å²) >= 11 is 18.1. The molecule has 6 nitrogen and oxygen atoms in total. The van der Waals surface area contributed by atoms with Crippen molar-refractivity contribution in [1.29, 1.82) is 0 Å². The Balaban J connectivity index is 1.33. The van der Waals surface area contributed by atoms with Crippen molar-refractivity contribution in [2.24, 2.45) is 5.10 Å². The van der Waals surface area contributed by atoms with E-state index in [0.29, 0.717) is 49.2 Å². The van der Waals surface area contributed by atoms with Crippen molar-refractivity contribution in [2.45, 2.75) is 6.92 Å². The molecule has 0 aliphatic heterocycles. The minimum atomic E-state index is -0.364. The fraction of sp³-hybridized carbons (Fsp3) is 0.0323. The molecule has 1 heterocycles. The van der Waals surface area contributed by atoms with E-state index in [4.69, 9.17) is 39.8 Å². The number of benzene rings is 4. The number of para-hydroxylation sites is 1. The van der Waals surface area contributed by atoms with Gasteiger partial charge in [-0.25, -0.2) is 10.4 Å². The molecule has 0 aliphatic carbocycles. The van der Waals surface area contributed by atoms with Crippen molar-refractivity contribution in [3.8, 4) is 11.3 Å². The normalized spacial score (nSPS) is 11.3. The number of fused-ring (bicyclic) bond motifs is 1. The summed E-state index contributed by atoms with van der Waals surface area (Å²) in [6.07, 6.45) is 0. The third-order valence-electron chi connectivity index (χ3n) is 6.16. The molecule has 5 rings (SSSR count). The van der Waals surface area contributed by atoms with E-state index in [1.165, 1.54) is 6.07 Å². The van der Waals surface area contributed by atoms with E-state index in [-0.39, 0.29) is 16.8 Å². The van der Waals surface area contributed by atoms with Crippen molar-refractivity contribution in [2.75, 3.05) is 5.32 Å². The van der Waals surface area contributed by atoms with Crippen LogP contribution in [0.4, 0.5) is 5.69 Å². The highest BCUT2D eigenvalue weighted by atomic mass is 35.5. The number of pyridine rings is 1. The number of hydrogen-bond acceptors (Lipinski definition) is 4. The Hall–Kier alpha value is -4.23. The standard InChI is InChI=1S/C31H21Cl3N4O2/c1-18(19-8-13-23(14-9-19)35-30(39)25-15-12-22(33)16-27(25)34)37-38-31(40)26-17-29(20-6-10-21(32)11-7-20)36-28-5-3-2-4-24(26)28/h2-17H,1H3,(H,35,39)(H,38,40). The van der Waals surface area contributed by atoms with Gasteiger partial charge in [0.2, 0.25) is 0 Å². The van der Waals surface area contributed by atoms with E-state index in [9.17, 15) is 9.59 Å². The number of anilines is 1. The van der Waals surface area contributed by atoms with E-state index >= 15 is 0 Å². The number of nitrogens with zero attached hydrogens (tertiary/aromatic N) is 2. The van der Waals surface area contributed by atoms with Crippen molar-refractivity contribution < 1.29 is 9.59 Å². The van der Waals surface area contributed by atoms with Crippen LogP contribution in [0.15, 0.2) is 102 Å². The predicted molar refractivity (Wildman–Crippen MR) is 163 cm³/mol. The average Bonchev–Trinajstić information content (AvgIpc) is 2.95. The van der Waals surface area contributed by atoms with Crippen molar-refractivity contribution in [3.63, 3.8) is 0 Å². The number of hydrazone groups is 1. The molecule has 0 saturated carbocycles. The van der Waals surface area contributed by atoms with Crippen molar-refractivity contribution in [3.05, 3.63) is 129 Å². The third-order valence-corrected chi connectivity index (χ3v) is 6.96. The summed E-state index contributed by atoms with van der Waals surface area (Å²) in [6, 6.07) is 28.2. The first-order valence-corrected chi connectivity index (χ1v) is 13.3. The van der Waals surface area contributed by atoms with E-state index in [2.05, 4.69) is 15.8 Å². The van der Waals surface area contributed by atoms with Gasteiger partial charge in [0, 0.05) is 26.7 Å². The first kappa shape index (κ1) is 27.3. The summed E-state index contributed by atoms with van der Waals surface area (Å²) in [5.74, 6) is -0.716. The minimum Gasteiger partial charge on any atom is -0.322 e. The van der Waals surface area contributed by atoms with Gasteiger partial charge in [-0.2, -0.15) is 5.10 Å². The van der Waals surface area contributed by atoms with Crippen LogP contribution in [0.1, 0.15) is 33.2 Å². The molecular formula is C31H21Cl3N4O2. The smallest absolute Gasteiger partial charge is 0.272 e. The summed E-state index contributed by atoms with van der Waals surface area (Å²) in [5.41, 5.74) is 7.55. The van der Waals surface area contributed by atoms with Crippen LogP contribution in [0.3, 0.4) is 0 Å². The highest BCUT2D eigenvalue weighted by Crippen LogP contribution is 2.26. The first-order chi connectivity index (χ1) is 19.3. The van der Waals surface area contributed by atoms with Crippen LogP contribution in [0.5, 0.6) is 0 Å². The molecule has 198 valence electrons. The first-order valence-electron chi connectivity index (χ1n) is 12.2. The predicted octanol–water partition coefficient (Wildman–Crippen LogP) is 8.27. The molecule has 4 aromatic carbocycles. The molecule has 9 heteroatoms. The molecule has 40 heavy (non-hydrogen) atoms. The number of hydrogen-bond donors (Lipinski definition) is 2. The molecule has 0 spiro atoms. The van der Waals surface area contributed by atoms with Gasteiger partial charge in [0.25, 0.3) is 11.8 Å². The Kier molecular flexibility index (Phi) is 8.12. The van der Waals surface area contributed by atoms with Gasteiger partial charge < -0.3 is 5.32 Å². The van der Waals surface area contributed by atoms with Gasteiger partial charge in [-0.1, -0.05) is 77.3 Å². The molecule has 2 amide bonds. The lowest BCUT2D eigenvalue weighted by atomic mass is 10.0. The molecule has 0 atom stereocenters. The molecule has 0 fully saturated rings. The number of halogens is 3. The Bertz CT molecular complexity index is 1770. The number of amides is 2. The van der Waals surface area contributed by atoms with Gasteiger partial charge in [0.05, 0.1) is 33.1 Å². The molecule has 1 aromatic heterocycles. The van der Waals surface area contributed by atoms with E-state index in [1.54, 1.807) is 61.5 Å². The lowest BCUT2D eigenvalue weighted by molar-refractivity contribution is 0.0955. The van der Waals surface area contributed by atoms with Crippen LogP contribution >= 0.6 is 34.8 Å². The summed E-state index contributed by atoms with van der Waals surface area (Å²) < 4.78 is 0. The van der Waals surface area contributed by atoms with E-state index in [0.717, 1.165) is 11.1 Å². The second kappa shape index (κ2) is 11.9. The minimum absolute atomic E-state index is 0.266. The van der Waals surface area contributed by atoms with Crippen LogP contribution < -0.4 is 10.7 Å². The van der Waals surface area contributed by atoms with Gasteiger partial charge >= 0.3 is 0 Å². The van der Waals surface area contributed by atoms with Crippen LogP contribution in [0.2, 0.25) is 15.1 Å². The summed E-state index contributed by atoms with van der Waals surface area (Å²) in [6.45, 7) is 1.78. The van der Waals surface area contributed by atoms with Crippen LogP contribution in [0, 0.1) is 0 Å². The summed E-state index contributed by atoms with van der Waals surface area (Å²) in [5, 5.41) is 9.17. The van der Waals surface area contributed by atoms with E-state index < -0.39 is 0 Å². The van der Waals surface area contributed by atoms with Gasteiger partial charge in [-0.05, 0) is 67.1 Å². The molecule has 5 aromatic rings. The maximum Gasteiger partial charge on any atom is 0.272 e. The average molecular weight is 588 g/mol. The number of carbonyl (C=O) groups excluding carboxylic acids is 2. The Labute approximate surface area is 245 Å². The molecule has 0 radical (unpaired) electrons. The number of aromatic nitrogens is 1. The lowest BCUT2D eigenvalue weighted by Crippen LogP contribution is -2.20. The molecule has 0 bridgehead atoms. The number of nitrogens with one attached hydrogen (secondary N) is 2. The molecule has 0 saturated heterocycles. The highest BCUT2D eigenvalue weighted by molar-refractivity contribution is 6.37. The molecule has 2 N–H and O–H groups in total. The number of carbonyl (C=O) groups is 2. The second-order valence-corrected chi connectivity index (χ2v) is 10.2. The zero-order valence-corrected chi connectivity index (χ0v) is 23.4. The van der Waals surface area contributed by atoms with Gasteiger partial charge in [0.1, 0.15) is 0 Å². The van der Waals surface area contributed by atoms with Gasteiger partial charge in [-0.15, -0.1) is 0 Å². The monoisotopic (exact) mass is 586 g/mol. The van der Waals surface area contributed by atoms with Gasteiger partial charge in [-0.3, -0.25) is 9.59 Å². The van der Waals surface area contributed by atoms with Crippen LogP contribution in [-0.4, -0.2) is 22.5 Å². The van der Waals surface area contributed by atoms with Crippen LogP contribution in [0.25, 0.3) is 22.2 Å². The lowest BCUT2D eigenvalue weighted by Gasteiger charge is -2.10. The maximum atomic E-state index is 13.3. The fourth-order valence-electron chi connectivity index (χ4n) is 4.06. The fourth-order valence-corrected chi connectivity index (χ4v) is 4.68. The van der Waals surface area contributed by atoms with Crippen molar-refractivity contribution >= 4 is 68.9 Å². The Morgan fingerprint density at radius 2 is 1.45 bits per heavy atom. The topological polar surface area (TPSA) is 83.4 Å². The van der Waals surface area contributed by atoms with E-state index in [1.807, 2.05) is 36.4 Å². The zero-order chi connectivity index (χ0) is 28.2. The van der Waals surface area contributed by atoms with Crippen molar-refractivity contribution in [1.82, 2.24) is 10.4 Å². The Morgan fingerprint density at radius 3 is 2.17 bits per heavy atom. The molecular weight excluding hydrogens is 567 g/mol. The highest BCUT2D eigenvalue weighted by Gasteiger charge is 2.15.